The molecule has 0 aliphatic rings. The molecule has 1 atom stereocenters. The highest BCUT2D eigenvalue weighted by molar-refractivity contribution is 5.92. The van der Waals surface area contributed by atoms with E-state index in [9.17, 15) is 9.90 Å². The van der Waals surface area contributed by atoms with Gasteiger partial charge in [-0.15, -0.1) is 0 Å². The summed E-state index contributed by atoms with van der Waals surface area (Å²) in [5.74, 6) is 0.542. The summed E-state index contributed by atoms with van der Waals surface area (Å²) >= 11 is 0. The molecule has 1 aromatic rings. The van der Waals surface area contributed by atoms with Gasteiger partial charge in [-0.25, -0.2) is 4.79 Å². The monoisotopic (exact) mass is 288 g/mol. The van der Waals surface area contributed by atoms with Gasteiger partial charge in [0.05, 0.1) is 0 Å². The number of hydrogen-bond donors (Lipinski definition) is 1. The Kier molecular flexibility index (Phi) is 7.81. The van der Waals surface area contributed by atoms with Crippen molar-refractivity contribution in [3.05, 3.63) is 41.5 Å². The molecule has 21 heavy (non-hydrogen) atoms. The lowest BCUT2D eigenvalue weighted by atomic mass is 9.94. The van der Waals surface area contributed by atoms with Crippen molar-refractivity contribution in [1.82, 2.24) is 0 Å². The van der Waals surface area contributed by atoms with E-state index in [2.05, 4.69) is 20.8 Å². The van der Waals surface area contributed by atoms with Crippen LogP contribution in [0.15, 0.2) is 35.9 Å². The van der Waals surface area contributed by atoms with Crippen molar-refractivity contribution < 1.29 is 9.90 Å². The summed E-state index contributed by atoms with van der Waals surface area (Å²) < 4.78 is 0. The van der Waals surface area contributed by atoms with Crippen LogP contribution in [0.4, 0.5) is 0 Å². The number of carbonyl (C=O) groups is 1. The smallest absolute Gasteiger partial charge is 0.331 e. The normalized spacial score (nSPS) is 13.4. The van der Waals surface area contributed by atoms with Crippen molar-refractivity contribution in [1.29, 1.82) is 0 Å². The van der Waals surface area contributed by atoms with Crippen LogP contribution in [0, 0.1) is 11.8 Å². The van der Waals surface area contributed by atoms with Gasteiger partial charge in [-0.1, -0.05) is 70.4 Å². The summed E-state index contributed by atoms with van der Waals surface area (Å²) in [5.41, 5.74) is 1.47. The fourth-order valence-electron chi connectivity index (χ4n) is 2.41. The van der Waals surface area contributed by atoms with Crippen molar-refractivity contribution in [2.24, 2.45) is 11.8 Å². The van der Waals surface area contributed by atoms with Crippen LogP contribution in [-0.4, -0.2) is 11.1 Å². The Morgan fingerprint density at radius 3 is 2.33 bits per heavy atom. The van der Waals surface area contributed by atoms with Gasteiger partial charge in [-0.2, -0.15) is 0 Å². The van der Waals surface area contributed by atoms with E-state index >= 15 is 0 Å². The second kappa shape index (κ2) is 9.38. The zero-order valence-electron chi connectivity index (χ0n) is 13.5. The molecular formula is C19H28O2. The van der Waals surface area contributed by atoms with Crippen molar-refractivity contribution in [2.45, 2.75) is 52.9 Å². The summed E-state index contributed by atoms with van der Waals surface area (Å²) in [6, 6.07) is 9.68. The first-order valence-corrected chi connectivity index (χ1v) is 7.98. The maximum absolute atomic E-state index is 11.4. The van der Waals surface area contributed by atoms with Gasteiger partial charge in [-0.05, 0) is 36.3 Å². The van der Waals surface area contributed by atoms with Crippen LogP contribution in [0.3, 0.4) is 0 Å². The molecule has 0 saturated carbocycles. The van der Waals surface area contributed by atoms with E-state index in [1.165, 1.54) is 19.3 Å². The molecule has 0 amide bonds. The van der Waals surface area contributed by atoms with Gasteiger partial charge in [0, 0.05) is 5.57 Å². The highest BCUT2D eigenvalue weighted by Crippen LogP contribution is 2.20. The van der Waals surface area contributed by atoms with Gasteiger partial charge in [0.15, 0.2) is 0 Å². The van der Waals surface area contributed by atoms with E-state index in [4.69, 9.17) is 0 Å². The largest absolute Gasteiger partial charge is 0.478 e. The van der Waals surface area contributed by atoms with Crippen molar-refractivity contribution in [3.8, 4) is 0 Å². The molecule has 1 unspecified atom stereocenters. The van der Waals surface area contributed by atoms with Gasteiger partial charge in [0.25, 0.3) is 0 Å². The minimum atomic E-state index is -0.798. The number of carboxylic acids is 1. The molecule has 0 aliphatic carbocycles. The third-order valence-corrected chi connectivity index (χ3v) is 3.80. The van der Waals surface area contributed by atoms with E-state index in [1.54, 1.807) is 6.08 Å². The lowest BCUT2D eigenvalue weighted by Gasteiger charge is -2.12. The molecule has 116 valence electrons. The number of benzene rings is 1. The van der Waals surface area contributed by atoms with Gasteiger partial charge in [-0.3, -0.25) is 0 Å². The molecule has 0 spiro atoms. The molecule has 2 heteroatoms. The fourth-order valence-corrected chi connectivity index (χ4v) is 2.41. The topological polar surface area (TPSA) is 37.3 Å². The van der Waals surface area contributed by atoms with Crippen LogP contribution in [0.25, 0.3) is 6.08 Å². The first-order chi connectivity index (χ1) is 9.99. The van der Waals surface area contributed by atoms with E-state index in [1.807, 2.05) is 30.3 Å². The van der Waals surface area contributed by atoms with Crippen LogP contribution in [0.1, 0.15) is 58.4 Å². The van der Waals surface area contributed by atoms with Crippen LogP contribution in [0.5, 0.6) is 0 Å². The van der Waals surface area contributed by atoms with Crippen molar-refractivity contribution in [3.63, 3.8) is 0 Å². The maximum atomic E-state index is 11.4. The molecule has 1 aromatic carbocycles. The van der Waals surface area contributed by atoms with Crippen LogP contribution < -0.4 is 0 Å². The minimum Gasteiger partial charge on any atom is -0.478 e. The predicted molar refractivity (Wildman–Crippen MR) is 89.1 cm³/mol. The molecule has 1 rings (SSSR count). The first kappa shape index (κ1) is 17.5. The second-order valence-electron chi connectivity index (χ2n) is 6.35. The number of carboxylic acid groups (broad SMARTS) is 1. The number of rotatable bonds is 9. The lowest BCUT2D eigenvalue weighted by Crippen LogP contribution is -2.04. The van der Waals surface area contributed by atoms with Crippen LogP contribution in [0.2, 0.25) is 0 Å². The Hall–Kier alpha value is -1.57. The standard InChI is InChI=1S/C19H28O2/c1-15(2)8-7-9-16(3)12-13-18(19(20)21)14-17-10-5-4-6-11-17/h4-6,10-11,14-16H,7-9,12-13H2,1-3H3,(H,20,21). The van der Waals surface area contributed by atoms with Gasteiger partial charge < -0.3 is 5.11 Å². The van der Waals surface area contributed by atoms with Crippen molar-refractivity contribution >= 4 is 12.0 Å². The molecular weight excluding hydrogens is 260 g/mol. The summed E-state index contributed by atoms with van der Waals surface area (Å²) in [6.45, 7) is 6.72. The first-order valence-electron chi connectivity index (χ1n) is 7.98. The van der Waals surface area contributed by atoms with Crippen molar-refractivity contribution in [2.75, 3.05) is 0 Å². The SMILES string of the molecule is CC(C)CCCC(C)CCC(=Cc1ccccc1)C(=O)O. The fraction of sp³-hybridized carbons (Fsp3) is 0.526. The van der Waals surface area contributed by atoms with E-state index < -0.39 is 5.97 Å². The Balaban J connectivity index is 2.49. The predicted octanol–water partition coefficient (Wildman–Crippen LogP) is 5.40. The highest BCUT2D eigenvalue weighted by atomic mass is 16.4. The molecule has 0 heterocycles. The minimum absolute atomic E-state index is 0.511. The average Bonchev–Trinajstić information content (AvgIpc) is 2.43. The van der Waals surface area contributed by atoms with Gasteiger partial charge in [0.2, 0.25) is 0 Å². The molecule has 0 aromatic heterocycles. The Morgan fingerprint density at radius 1 is 1.10 bits per heavy atom. The van der Waals surface area contributed by atoms with Crippen LogP contribution >= 0.6 is 0 Å². The van der Waals surface area contributed by atoms with E-state index in [0.29, 0.717) is 17.9 Å². The molecule has 1 N–H and O–H groups in total. The van der Waals surface area contributed by atoms with E-state index in [-0.39, 0.29) is 0 Å². The molecule has 0 radical (unpaired) electrons. The number of aliphatic carboxylic acids is 1. The second-order valence-corrected chi connectivity index (χ2v) is 6.35. The van der Waals surface area contributed by atoms with Gasteiger partial charge in [0.1, 0.15) is 0 Å². The van der Waals surface area contributed by atoms with Gasteiger partial charge >= 0.3 is 5.97 Å². The summed E-state index contributed by atoms with van der Waals surface area (Å²) in [5, 5.41) is 9.33. The molecule has 0 bridgehead atoms. The Labute approximate surface area is 128 Å². The zero-order valence-corrected chi connectivity index (χ0v) is 13.5. The summed E-state index contributed by atoms with van der Waals surface area (Å²) in [7, 11) is 0. The molecule has 0 fully saturated rings. The summed E-state index contributed by atoms with van der Waals surface area (Å²) in [4.78, 5) is 11.4. The average molecular weight is 288 g/mol. The lowest BCUT2D eigenvalue weighted by molar-refractivity contribution is -0.132. The third-order valence-electron chi connectivity index (χ3n) is 3.80. The number of hydrogen-bond acceptors (Lipinski definition) is 1. The Bertz CT molecular complexity index is 446. The highest BCUT2D eigenvalue weighted by Gasteiger charge is 2.10. The quantitative estimate of drug-likeness (QED) is 0.618. The molecule has 2 nitrogen and oxygen atoms in total. The van der Waals surface area contributed by atoms with E-state index in [0.717, 1.165) is 17.9 Å². The van der Waals surface area contributed by atoms with Crippen LogP contribution in [-0.2, 0) is 4.79 Å². The molecule has 0 aliphatic heterocycles. The summed E-state index contributed by atoms with van der Waals surface area (Å²) in [6.07, 6.45) is 7.08. The Morgan fingerprint density at radius 2 is 1.76 bits per heavy atom. The third kappa shape index (κ3) is 7.69. The zero-order chi connectivity index (χ0) is 15.7. The maximum Gasteiger partial charge on any atom is 0.331 e. The molecule has 0 saturated heterocycles.